The zero-order chi connectivity index (χ0) is 14.7. The molecule has 0 bridgehead atoms. The monoisotopic (exact) mass is 298 g/mol. The maximum Gasteiger partial charge on any atom is 0.128 e. The van der Waals surface area contributed by atoms with E-state index in [4.69, 9.17) is 0 Å². The van der Waals surface area contributed by atoms with Crippen LogP contribution < -0.4 is 5.32 Å². The van der Waals surface area contributed by atoms with Gasteiger partial charge in [0.1, 0.15) is 5.75 Å². The minimum absolute atomic E-state index is 0.106. The van der Waals surface area contributed by atoms with Crippen molar-refractivity contribution in [3.8, 4) is 5.75 Å². The van der Waals surface area contributed by atoms with Gasteiger partial charge in [-0.15, -0.1) is 11.3 Å². The first kappa shape index (κ1) is 14.0. The van der Waals surface area contributed by atoms with Gasteiger partial charge in [0.15, 0.2) is 0 Å². The number of thiazole rings is 1. The molecule has 1 heterocycles. The molecule has 0 amide bonds. The summed E-state index contributed by atoms with van der Waals surface area (Å²) in [4.78, 5) is 4.27. The Kier molecular flexibility index (Phi) is 4.18. The fourth-order valence-corrected chi connectivity index (χ4v) is 3.12. The number of hydrogen-bond donors (Lipinski definition) is 2. The number of phenolic OH excluding ortho intramolecular Hbond substituents is 1. The second-order valence-electron chi connectivity index (χ2n) is 5.08. The summed E-state index contributed by atoms with van der Waals surface area (Å²) in [5.41, 5.74) is 0.938. The molecule has 2 N–H and O–H groups in total. The zero-order valence-corrected chi connectivity index (χ0v) is 12.7. The number of nitrogens with one attached hydrogen (secondary N) is 1. The number of phenols is 1. The molecule has 0 spiro atoms. The Morgan fingerprint density at radius 2 is 2.10 bits per heavy atom. The van der Waals surface area contributed by atoms with E-state index in [1.165, 1.54) is 0 Å². The highest BCUT2D eigenvalue weighted by Crippen LogP contribution is 2.32. The van der Waals surface area contributed by atoms with Gasteiger partial charge in [-0.1, -0.05) is 36.4 Å². The van der Waals surface area contributed by atoms with Gasteiger partial charge in [-0.3, -0.25) is 0 Å². The fraction of sp³-hybridized carbons (Fsp3) is 0.235. The lowest BCUT2D eigenvalue weighted by Gasteiger charge is -2.16. The van der Waals surface area contributed by atoms with E-state index in [9.17, 15) is 5.11 Å². The Balaban J connectivity index is 1.72. The second-order valence-corrected chi connectivity index (χ2v) is 6.06. The summed E-state index contributed by atoms with van der Waals surface area (Å²) < 4.78 is 0. The second kappa shape index (κ2) is 6.24. The Morgan fingerprint density at radius 1 is 1.24 bits per heavy atom. The lowest BCUT2D eigenvalue weighted by Crippen LogP contribution is -2.21. The van der Waals surface area contributed by atoms with Crippen molar-refractivity contribution >= 4 is 22.1 Å². The topological polar surface area (TPSA) is 45.2 Å². The van der Waals surface area contributed by atoms with Crippen molar-refractivity contribution in [1.29, 1.82) is 0 Å². The van der Waals surface area contributed by atoms with Gasteiger partial charge >= 0.3 is 0 Å². The summed E-state index contributed by atoms with van der Waals surface area (Å²) in [5.74, 6) is 0.377. The summed E-state index contributed by atoms with van der Waals surface area (Å²) in [7, 11) is 0. The number of nitrogens with zero attached hydrogens (tertiary/aromatic N) is 1. The highest BCUT2D eigenvalue weighted by Gasteiger charge is 2.12. The molecule has 1 atom stereocenters. The highest BCUT2D eigenvalue weighted by atomic mass is 32.1. The average Bonchev–Trinajstić information content (AvgIpc) is 3.01. The van der Waals surface area contributed by atoms with Crippen LogP contribution in [0.25, 0.3) is 10.8 Å². The van der Waals surface area contributed by atoms with Crippen LogP contribution in [-0.2, 0) is 6.42 Å². The summed E-state index contributed by atoms with van der Waals surface area (Å²) in [5, 5.41) is 19.0. The number of hydrogen-bond acceptors (Lipinski definition) is 4. The minimum Gasteiger partial charge on any atom is -0.507 e. The van der Waals surface area contributed by atoms with Crippen molar-refractivity contribution in [2.75, 3.05) is 6.54 Å². The molecule has 21 heavy (non-hydrogen) atoms. The van der Waals surface area contributed by atoms with Crippen LogP contribution >= 0.6 is 11.3 Å². The van der Waals surface area contributed by atoms with Crippen molar-refractivity contribution in [3.63, 3.8) is 0 Å². The smallest absolute Gasteiger partial charge is 0.128 e. The van der Waals surface area contributed by atoms with E-state index in [1.54, 1.807) is 11.3 Å². The van der Waals surface area contributed by atoms with Gasteiger partial charge in [-0.05, 0) is 12.3 Å². The molecule has 2 aromatic carbocycles. The molecule has 0 aliphatic rings. The molecular weight excluding hydrogens is 280 g/mol. The molecule has 4 heteroatoms. The summed E-state index contributed by atoms with van der Waals surface area (Å²) in [6.45, 7) is 2.92. The summed E-state index contributed by atoms with van der Waals surface area (Å²) >= 11 is 1.67. The first-order valence-corrected chi connectivity index (χ1v) is 7.96. The Labute approximate surface area is 128 Å². The van der Waals surface area contributed by atoms with Gasteiger partial charge in [-0.25, -0.2) is 4.98 Å². The summed E-state index contributed by atoms with van der Waals surface area (Å²) in [6.07, 6.45) is 2.74. The first-order chi connectivity index (χ1) is 10.3. The van der Waals surface area contributed by atoms with Crippen molar-refractivity contribution < 1.29 is 5.11 Å². The van der Waals surface area contributed by atoms with Crippen molar-refractivity contribution in [2.24, 2.45) is 0 Å². The van der Waals surface area contributed by atoms with Gasteiger partial charge in [0.05, 0.1) is 5.01 Å². The van der Waals surface area contributed by atoms with E-state index in [1.807, 2.05) is 41.9 Å². The molecule has 0 radical (unpaired) electrons. The molecule has 3 nitrogen and oxygen atoms in total. The van der Waals surface area contributed by atoms with Gasteiger partial charge in [-0.2, -0.15) is 0 Å². The van der Waals surface area contributed by atoms with Gasteiger partial charge < -0.3 is 10.4 Å². The molecule has 1 aromatic heterocycles. The zero-order valence-electron chi connectivity index (χ0n) is 11.9. The Morgan fingerprint density at radius 3 is 2.90 bits per heavy atom. The van der Waals surface area contributed by atoms with Crippen LogP contribution in [0.4, 0.5) is 0 Å². The van der Waals surface area contributed by atoms with Gasteiger partial charge in [0.2, 0.25) is 0 Å². The molecule has 0 aliphatic carbocycles. The third-order valence-electron chi connectivity index (χ3n) is 3.67. The lowest BCUT2D eigenvalue weighted by atomic mass is 10.0. The van der Waals surface area contributed by atoms with Crippen molar-refractivity contribution in [1.82, 2.24) is 10.3 Å². The number of fused-ring (bicyclic) bond motifs is 1. The van der Waals surface area contributed by atoms with E-state index in [0.29, 0.717) is 5.75 Å². The van der Waals surface area contributed by atoms with Gasteiger partial charge in [0, 0.05) is 41.5 Å². The lowest BCUT2D eigenvalue weighted by molar-refractivity contribution is 0.459. The van der Waals surface area contributed by atoms with Crippen LogP contribution in [0.15, 0.2) is 48.0 Å². The minimum atomic E-state index is 0.106. The standard InChI is InChI=1S/C17H18N2OS/c1-12(18-9-8-16-19-10-11-21-16)14-7-6-13-4-2-3-5-15(13)17(14)20/h2-7,10-12,18,20H,8-9H2,1H3. The number of rotatable bonds is 5. The van der Waals surface area contributed by atoms with Gasteiger partial charge in [0.25, 0.3) is 0 Å². The maximum atomic E-state index is 10.5. The van der Waals surface area contributed by atoms with Crippen LogP contribution in [0.3, 0.4) is 0 Å². The number of benzene rings is 2. The number of aromatic hydroxyl groups is 1. The molecular formula is C17H18N2OS. The quantitative estimate of drug-likeness (QED) is 0.751. The molecule has 0 fully saturated rings. The molecule has 1 unspecified atom stereocenters. The molecule has 3 aromatic rings. The molecule has 0 saturated carbocycles. The fourth-order valence-electron chi connectivity index (χ4n) is 2.50. The van der Waals surface area contributed by atoms with E-state index >= 15 is 0 Å². The molecule has 108 valence electrons. The third kappa shape index (κ3) is 3.06. The van der Waals surface area contributed by atoms with Crippen LogP contribution in [0, 0.1) is 0 Å². The van der Waals surface area contributed by atoms with E-state index < -0.39 is 0 Å². The van der Waals surface area contributed by atoms with Crippen LogP contribution in [0.2, 0.25) is 0 Å². The third-order valence-corrected chi connectivity index (χ3v) is 4.51. The van der Waals surface area contributed by atoms with Crippen LogP contribution in [-0.4, -0.2) is 16.6 Å². The normalized spacial score (nSPS) is 12.6. The Bertz CT molecular complexity index is 725. The maximum absolute atomic E-state index is 10.5. The SMILES string of the molecule is CC(NCCc1nccs1)c1ccc2ccccc2c1O. The largest absolute Gasteiger partial charge is 0.507 e. The predicted molar refractivity (Wildman–Crippen MR) is 87.8 cm³/mol. The van der Waals surface area contributed by atoms with Crippen molar-refractivity contribution in [2.45, 2.75) is 19.4 Å². The number of aromatic nitrogens is 1. The van der Waals surface area contributed by atoms with Crippen LogP contribution in [0.1, 0.15) is 23.5 Å². The molecule has 0 saturated heterocycles. The highest BCUT2D eigenvalue weighted by molar-refractivity contribution is 7.09. The Hall–Kier alpha value is -1.91. The van der Waals surface area contributed by atoms with Crippen LogP contribution in [0.5, 0.6) is 5.75 Å². The predicted octanol–water partition coefficient (Wildman–Crippen LogP) is 3.90. The van der Waals surface area contributed by atoms with E-state index in [2.05, 4.69) is 23.3 Å². The van der Waals surface area contributed by atoms with E-state index in [-0.39, 0.29) is 6.04 Å². The molecule has 3 rings (SSSR count). The van der Waals surface area contributed by atoms with E-state index in [0.717, 1.165) is 34.3 Å². The molecule has 0 aliphatic heterocycles. The summed E-state index contributed by atoms with van der Waals surface area (Å²) in [6, 6.07) is 12.1. The average molecular weight is 298 g/mol. The van der Waals surface area contributed by atoms with Crippen molar-refractivity contribution in [3.05, 3.63) is 58.5 Å². The first-order valence-electron chi connectivity index (χ1n) is 7.08.